The lowest BCUT2D eigenvalue weighted by Gasteiger charge is -2.14. The number of nitrogens with two attached hydrogens (primary N) is 1. The number of aromatic nitrogens is 3. The largest absolute Gasteiger partial charge is 0.461 e. The number of rotatable bonds is 6. The maximum Gasteiger partial charge on any atom is 0.323 e. The van der Waals surface area contributed by atoms with Gasteiger partial charge in [0.15, 0.2) is 0 Å². The van der Waals surface area contributed by atoms with Gasteiger partial charge in [-0.15, -0.1) is 0 Å². The molecule has 0 spiro atoms. The normalized spacial score (nSPS) is 15.8. The Labute approximate surface area is 117 Å². The van der Waals surface area contributed by atoms with Crippen molar-refractivity contribution >= 4 is 17.8 Å². The smallest absolute Gasteiger partial charge is 0.323 e. The molecule has 0 saturated heterocycles. The minimum absolute atomic E-state index is 0.0490. The van der Waals surface area contributed by atoms with Gasteiger partial charge < -0.3 is 21.1 Å². The summed E-state index contributed by atoms with van der Waals surface area (Å²) >= 11 is 0. The molecular weight excluding hydrogens is 260 g/mol. The summed E-state index contributed by atoms with van der Waals surface area (Å²) in [6.45, 7) is 5.46. The summed E-state index contributed by atoms with van der Waals surface area (Å²) in [7, 11) is 0. The molecule has 1 atom stereocenters. The first-order valence-electron chi connectivity index (χ1n) is 6.69. The lowest BCUT2D eigenvalue weighted by Crippen LogP contribution is -2.39. The van der Waals surface area contributed by atoms with Crippen molar-refractivity contribution in [2.45, 2.75) is 51.8 Å². The summed E-state index contributed by atoms with van der Waals surface area (Å²) in [5.74, 6) is 0.192. The van der Waals surface area contributed by atoms with Crippen LogP contribution in [0.4, 0.5) is 11.9 Å². The molecule has 1 aromatic rings. The molecule has 1 amide bonds. The Hall–Kier alpha value is -2.12. The van der Waals surface area contributed by atoms with Gasteiger partial charge in [-0.05, 0) is 33.6 Å². The number of ether oxygens (including phenoxy) is 1. The quantitative estimate of drug-likeness (QED) is 0.687. The van der Waals surface area contributed by atoms with Crippen LogP contribution >= 0.6 is 0 Å². The van der Waals surface area contributed by atoms with Gasteiger partial charge in [0.05, 0.1) is 6.10 Å². The van der Waals surface area contributed by atoms with Crippen LogP contribution in [0.1, 0.15) is 33.6 Å². The zero-order chi connectivity index (χ0) is 14.7. The molecule has 1 aromatic heterocycles. The monoisotopic (exact) mass is 280 g/mol. The van der Waals surface area contributed by atoms with Crippen molar-refractivity contribution in [2.75, 3.05) is 11.1 Å². The number of amides is 1. The Kier molecular flexibility index (Phi) is 4.21. The van der Waals surface area contributed by atoms with Gasteiger partial charge in [0.25, 0.3) is 0 Å². The van der Waals surface area contributed by atoms with E-state index < -0.39 is 6.04 Å². The molecule has 1 saturated carbocycles. The van der Waals surface area contributed by atoms with Crippen molar-refractivity contribution in [1.82, 2.24) is 20.3 Å². The number of nitrogen functional groups attached to an aromatic ring is 1. The first kappa shape index (κ1) is 14.3. The zero-order valence-electron chi connectivity index (χ0n) is 11.9. The Bertz CT molecular complexity index is 489. The summed E-state index contributed by atoms with van der Waals surface area (Å²) in [5.41, 5.74) is 5.59. The highest BCUT2D eigenvalue weighted by atomic mass is 16.5. The summed E-state index contributed by atoms with van der Waals surface area (Å²) in [6.07, 6.45) is 2.02. The number of carbonyl (C=O) groups excluding carboxylic acids is 1. The minimum Gasteiger partial charge on any atom is -0.461 e. The van der Waals surface area contributed by atoms with E-state index >= 15 is 0 Å². The van der Waals surface area contributed by atoms with E-state index in [-0.39, 0.29) is 29.9 Å². The Morgan fingerprint density at radius 3 is 2.60 bits per heavy atom. The second-order valence-corrected chi connectivity index (χ2v) is 5.12. The Balaban J connectivity index is 1.99. The van der Waals surface area contributed by atoms with Gasteiger partial charge in [-0.1, -0.05) is 0 Å². The molecule has 8 nitrogen and oxygen atoms in total. The molecule has 0 aromatic carbocycles. The average molecular weight is 280 g/mol. The number of carbonyl (C=O) groups is 1. The van der Waals surface area contributed by atoms with E-state index in [2.05, 4.69) is 25.6 Å². The van der Waals surface area contributed by atoms with Crippen molar-refractivity contribution in [3.8, 4) is 6.01 Å². The van der Waals surface area contributed by atoms with Crippen LogP contribution in [0.3, 0.4) is 0 Å². The molecule has 4 N–H and O–H groups in total. The van der Waals surface area contributed by atoms with Crippen LogP contribution in [0.5, 0.6) is 6.01 Å². The third-order valence-electron chi connectivity index (χ3n) is 2.64. The fourth-order valence-electron chi connectivity index (χ4n) is 1.51. The van der Waals surface area contributed by atoms with Gasteiger partial charge in [-0.25, -0.2) is 0 Å². The number of nitrogens with zero attached hydrogens (tertiary/aromatic N) is 3. The Morgan fingerprint density at radius 2 is 2.00 bits per heavy atom. The molecule has 1 aliphatic carbocycles. The van der Waals surface area contributed by atoms with Crippen LogP contribution in [0.25, 0.3) is 0 Å². The van der Waals surface area contributed by atoms with Crippen LogP contribution < -0.4 is 21.1 Å². The second kappa shape index (κ2) is 5.89. The highest BCUT2D eigenvalue weighted by Crippen LogP contribution is 2.19. The van der Waals surface area contributed by atoms with Crippen molar-refractivity contribution in [3.63, 3.8) is 0 Å². The maximum absolute atomic E-state index is 11.8. The van der Waals surface area contributed by atoms with Crippen molar-refractivity contribution in [2.24, 2.45) is 0 Å². The highest BCUT2D eigenvalue weighted by Gasteiger charge is 2.26. The maximum atomic E-state index is 11.8. The van der Waals surface area contributed by atoms with Crippen LogP contribution in [0.2, 0.25) is 0 Å². The molecule has 110 valence electrons. The summed E-state index contributed by atoms with van der Waals surface area (Å²) in [6, 6.07) is 0.00381. The van der Waals surface area contributed by atoms with Gasteiger partial charge >= 0.3 is 6.01 Å². The van der Waals surface area contributed by atoms with Gasteiger partial charge in [-0.2, -0.15) is 15.0 Å². The van der Waals surface area contributed by atoms with Gasteiger partial charge in [0.2, 0.25) is 17.8 Å². The fraction of sp³-hybridized carbons (Fsp3) is 0.667. The fourth-order valence-corrected chi connectivity index (χ4v) is 1.51. The first-order chi connectivity index (χ1) is 9.44. The van der Waals surface area contributed by atoms with Crippen molar-refractivity contribution in [1.29, 1.82) is 0 Å². The molecule has 0 bridgehead atoms. The third-order valence-corrected chi connectivity index (χ3v) is 2.64. The molecule has 0 radical (unpaired) electrons. The van der Waals surface area contributed by atoms with E-state index in [1.54, 1.807) is 6.92 Å². The van der Waals surface area contributed by atoms with E-state index in [4.69, 9.17) is 10.5 Å². The van der Waals surface area contributed by atoms with E-state index in [1.165, 1.54) is 0 Å². The molecule has 1 fully saturated rings. The van der Waals surface area contributed by atoms with E-state index in [0.717, 1.165) is 12.8 Å². The topological polar surface area (TPSA) is 115 Å². The zero-order valence-corrected chi connectivity index (χ0v) is 11.9. The Morgan fingerprint density at radius 1 is 1.30 bits per heavy atom. The number of hydrogen-bond donors (Lipinski definition) is 3. The van der Waals surface area contributed by atoms with Crippen molar-refractivity contribution < 1.29 is 9.53 Å². The van der Waals surface area contributed by atoms with Gasteiger partial charge in [0, 0.05) is 6.04 Å². The molecule has 2 rings (SSSR count). The summed E-state index contributed by atoms with van der Waals surface area (Å²) < 4.78 is 5.37. The summed E-state index contributed by atoms with van der Waals surface area (Å²) in [4.78, 5) is 23.7. The van der Waals surface area contributed by atoms with Crippen LogP contribution in [-0.2, 0) is 4.79 Å². The second-order valence-electron chi connectivity index (χ2n) is 5.12. The summed E-state index contributed by atoms with van der Waals surface area (Å²) in [5, 5.41) is 5.80. The number of nitrogens with one attached hydrogen (secondary N) is 2. The third kappa shape index (κ3) is 4.22. The lowest BCUT2D eigenvalue weighted by atomic mass is 10.3. The first-order valence-corrected chi connectivity index (χ1v) is 6.69. The standard InChI is InChI=1S/C12H20N6O2/c1-6(2)20-12-17-10(13)16-11(18-12)14-7(3)9(19)15-8-4-5-8/h6-8H,4-5H2,1-3H3,(H,15,19)(H3,13,14,16,17,18). The van der Waals surface area contributed by atoms with Crippen LogP contribution in [0.15, 0.2) is 0 Å². The minimum atomic E-state index is -0.454. The highest BCUT2D eigenvalue weighted by molar-refractivity contribution is 5.84. The average Bonchev–Trinajstić information content (AvgIpc) is 3.10. The van der Waals surface area contributed by atoms with Crippen LogP contribution in [0, 0.1) is 0 Å². The molecular formula is C12H20N6O2. The van der Waals surface area contributed by atoms with Gasteiger partial charge in [0.1, 0.15) is 6.04 Å². The predicted molar refractivity (Wildman–Crippen MR) is 74.3 cm³/mol. The van der Waals surface area contributed by atoms with E-state index in [9.17, 15) is 4.79 Å². The number of anilines is 2. The molecule has 20 heavy (non-hydrogen) atoms. The van der Waals surface area contributed by atoms with E-state index in [0.29, 0.717) is 6.04 Å². The van der Waals surface area contributed by atoms with Gasteiger partial charge in [-0.3, -0.25) is 4.79 Å². The molecule has 1 heterocycles. The molecule has 0 aliphatic heterocycles. The van der Waals surface area contributed by atoms with Crippen molar-refractivity contribution in [3.05, 3.63) is 0 Å². The molecule has 1 unspecified atom stereocenters. The number of hydrogen-bond acceptors (Lipinski definition) is 7. The van der Waals surface area contributed by atoms with E-state index in [1.807, 2.05) is 13.8 Å². The van der Waals surface area contributed by atoms with Crippen LogP contribution in [-0.4, -0.2) is 39.0 Å². The lowest BCUT2D eigenvalue weighted by molar-refractivity contribution is -0.121. The predicted octanol–water partition coefficient (Wildman–Crippen LogP) is 0.320. The molecule has 1 aliphatic rings. The molecule has 8 heteroatoms. The SMILES string of the molecule is CC(C)Oc1nc(N)nc(NC(C)C(=O)NC2CC2)n1.